The first-order chi connectivity index (χ1) is 5.71. The molecule has 0 bridgehead atoms. The number of carbonyl (C=O) groups is 1. The van der Waals surface area contributed by atoms with Gasteiger partial charge in [0.25, 0.3) is 0 Å². The Hall–Kier alpha value is -0.220. The molecule has 1 fully saturated rings. The van der Waals surface area contributed by atoms with Crippen LogP contribution in [0.2, 0.25) is 0 Å². The lowest BCUT2D eigenvalue weighted by Gasteiger charge is -2.23. The van der Waals surface area contributed by atoms with E-state index in [1.807, 2.05) is 6.26 Å². The van der Waals surface area contributed by atoms with Gasteiger partial charge >= 0.3 is 5.97 Å². The summed E-state index contributed by atoms with van der Waals surface area (Å²) in [6.45, 7) is 0.848. The van der Waals surface area contributed by atoms with Gasteiger partial charge in [0.15, 0.2) is 0 Å². The number of hydrogen-bond donors (Lipinski definition) is 2. The molecule has 1 rings (SSSR count). The van der Waals surface area contributed by atoms with Gasteiger partial charge in [0.05, 0.1) is 0 Å². The maximum atomic E-state index is 11.0. The maximum Gasteiger partial charge on any atom is 0.323 e. The van der Waals surface area contributed by atoms with Crippen LogP contribution in [0.4, 0.5) is 0 Å². The standard InChI is InChI=1S/C8H15NO2S/c1-12-6-4-8(7(10)11)3-2-5-9-8/h9H,2-6H2,1H3,(H,10,11)/t8-/m1/s1. The molecule has 0 saturated carbocycles. The van der Waals surface area contributed by atoms with Crippen molar-refractivity contribution in [1.29, 1.82) is 0 Å². The average Bonchev–Trinajstić information content (AvgIpc) is 2.50. The van der Waals surface area contributed by atoms with Crippen LogP contribution in [0.25, 0.3) is 0 Å². The molecule has 1 saturated heterocycles. The van der Waals surface area contributed by atoms with Crippen molar-refractivity contribution >= 4 is 17.7 Å². The second-order valence-electron chi connectivity index (χ2n) is 3.16. The molecule has 0 aromatic carbocycles. The molecule has 0 unspecified atom stereocenters. The Balaban J connectivity index is 2.53. The van der Waals surface area contributed by atoms with Crippen molar-refractivity contribution in [3.8, 4) is 0 Å². The Kier molecular flexibility index (Phi) is 3.40. The minimum atomic E-state index is -0.686. The van der Waals surface area contributed by atoms with Gasteiger partial charge in [-0.2, -0.15) is 11.8 Å². The van der Waals surface area contributed by atoms with E-state index in [-0.39, 0.29) is 0 Å². The Morgan fingerprint density at radius 2 is 2.50 bits per heavy atom. The highest BCUT2D eigenvalue weighted by molar-refractivity contribution is 7.98. The van der Waals surface area contributed by atoms with Crippen LogP contribution in [0.15, 0.2) is 0 Å². The summed E-state index contributed by atoms with van der Waals surface area (Å²) >= 11 is 1.70. The summed E-state index contributed by atoms with van der Waals surface area (Å²) in [5.41, 5.74) is -0.608. The van der Waals surface area contributed by atoms with Crippen LogP contribution >= 0.6 is 11.8 Å². The van der Waals surface area contributed by atoms with Crippen LogP contribution in [0.5, 0.6) is 0 Å². The van der Waals surface area contributed by atoms with Crippen LogP contribution in [-0.2, 0) is 4.79 Å². The van der Waals surface area contributed by atoms with Gasteiger partial charge in [-0.15, -0.1) is 0 Å². The molecule has 1 atom stereocenters. The van der Waals surface area contributed by atoms with Gasteiger partial charge in [-0.1, -0.05) is 0 Å². The van der Waals surface area contributed by atoms with E-state index in [4.69, 9.17) is 5.11 Å². The predicted octanol–water partition coefficient (Wildman–Crippen LogP) is 0.946. The summed E-state index contributed by atoms with van der Waals surface area (Å²) in [5.74, 6) is 0.230. The Labute approximate surface area is 76.9 Å². The summed E-state index contributed by atoms with van der Waals surface area (Å²) in [5, 5.41) is 12.1. The quantitative estimate of drug-likeness (QED) is 0.691. The van der Waals surface area contributed by atoms with Crippen molar-refractivity contribution in [1.82, 2.24) is 5.32 Å². The zero-order chi connectivity index (χ0) is 9.03. The SMILES string of the molecule is CSCC[C@@]1(C(=O)O)CCCN1. The van der Waals surface area contributed by atoms with Crippen LogP contribution in [-0.4, -0.2) is 35.2 Å². The van der Waals surface area contributed by atoms with Gasteiger partial charge in [-0.25, -0.2) is 0 Å². The van der Waals surface area contributed by atoms with Gasteiger partial charge in [-0.3, -0.25) is 4.79 Å². The lowest BCUT2D eigenvalue weighted by molar-refractivity contribution is -0.144. The van der Waals surface area contributed by atoms with Gasteiger partial charge in [0.2, 0.25) is 0 Å². The molecular formula is C8H15NO2S. The fraction of sp³-hybridized carbons (Fsp3) is 0.875. The minimum absolute atomic E-state index is 0.608. The first-order valence-corrected chi connectivity index (χ1v) is 5.58. The van der Waals surface area contributed by atoms with Gasteiger partial charge < -0.3 is 10.4 Å². The number of nitrogens with one attached hydrogen (secondary N) is 1. The molecule has 1 aliphatic rings. The third kappa shape index (κ3) is 1.93. The zero-order valence-corrected chi connectivity index (χ0v) is 8.12. The molecular weight excluding hydrogens is 174 g/mol. The monoisotopic (exact) mass is 189 g/mol. The molecule has 0 aliphatic carbocycles. The normalized spacial score (nSPS) is 29.1. The number of thioether (sulfide) groups is 1. The van der Waals surface area contributed by atoms with E-state index in [1.54, 1.807) is 11.8 Å². The van der Waals surface area contributed by atoms with E-state index < -0.39 is 11.5 Å². The molecule has 2 N–H and O–H groups in total. The van der Waals surface area contributed by atoms with Gasteiger partial charge in [0.1, 0.15) is 5.54 Å². The molecule has 4 heteroatoms. The number of rotatable bonds is 4. The molecule has 12 heavy (non-hydrogen) atoms. The Bertz CT molecular complexity index is 166. The van der Waals surface area contributed by atoms with Crippen LogP contribution in [0.3, 0.4) is 0 Å². The van der Waals surface area contributed by atoms with E-state index in [0.29, 0.717) is 0 Å². The number of aliphatic carboxylic acids is 1. The van der Waals surface area contributed by atoms with E-state index in [9.17, 15) is 4.79 Å². The average molecular weight is 189 g/mol. The number of hydrogen-bond acceptors (Lipinski definition) is 3. The number of carboxylic acid groups (broad SMARTS) is 1. The topological polar surface area (TPSA) is 49.3 Å². The van der Waals surface area contributed by atoms with Crippen LogP contribution < -0.4 is 5.32 Å². The molecule has 3 nitrogen and oxygen atoms in total. The summed E-state index contributed by atoms with van der Waals surface area (Å²) in [7, 11) is 0. The van der Waals surface area contributed by atoms with Crippen LogP contribution in [0, 0.1) is 0 Å². The fourth-order valence-corrected chi connectivity index (χ4v) is 2.14. The third-order valence-corrected chi connectivity index (χ3v) is 3.00. The van der Waals surface area contributed by atoms with Gasteiger partial charge in [-0.05, 0) is 37.8 Å². The summed E-state index contributed by atoms with van der Waals surface area (Å²) in [6, 6.07) is 0. The Morgan fingerprint density at radius 3 is 2.92 bits per heavy atom. The van der Waals surface area contributed by atoms with E-state index in [1.165, 1.54) is 0 Å². The molecule has 1 heterocycles. The smallest absolute Gasteiger partial charge is 0.323 e. The van der Waals surface area contributed by atoms with E-state index >= 15 is 0 Å². The molecule has 0 amide bonds. The van der Waals surface area contributed by atoms with E-state index in [2.05, 4.69) is 5.32 Å². The highest BCUT2D eigenvalue weighted by Crippen LogP contribution is 2.24. The molecule has 70 valence electrons. The predicted molar refractivity (Wildman–Crippen MR) is 50.6 cm³/mol. The highest BCUT2D eigenvalue weighted by Gasteiger charge is 2.40. The first-order valence-electron chi connectivity index (χ1n) is 4.19. The fourth-order valence-electron chi connectivity index (χ4n) is 1.59. The van der Waals surface area contributed by atoms with Crippen LogP contribution in [0.1, 0.15) is 19.3 Å². The highest BCUT2D eigenvalue weighted by atomic mass is 32.2. The lowest BCUT2D eigenvalue weighted by atomic mass is 9.95. The van der Waals surface area contributed by atoms with Crippen molar-refractivity contribution < 1.29 is 9.90 Å². The summed E-state index contributed by atoms with van der Waals surface area (Å²) in [6.07, 6.45) is 4.51. The second-order valence-corrected chi connectivity index (χ2v) is 4.15. The molecule has 1 aliphatic heterocycles. The largest absolute Gasteiger partial charge is 0.480 e. The van der Waals surface area contributed by atoms with Crippen molar-refractivity contribution in [2.75, 3.05) is 18.6 Å². The van der Waals surface area contributed by atoms with E-state index in [0.717, 1.165) is 31.6 Å². The second kappa shape index (κ2) is 4.14. The van der Waals surface area contributed by atoms with Crippen molar-refractivity contribution in [3.63, 3.8) is 0 Å². The summed E-state index contributed by atoms with van der Waals surface area (Å²) in [4.78, 5) is 11.0. The lowest BCUT2D eigenvalue weighted by Crippen LogP contribution is -2.47. The minimum Gasteiger partial charge on any atom is -0.480 e. The molecule has 0 radical (unpaired) electrons. The summed E-state index contributed by atoms with van der Waals surface area (Å²) < 4.78 is 0. The van der Waals surface area contributed by atoms with Gasteiger partial charge in [0, 0.05) is 0 Å². The molecule has 0 aromatic heterocycles. The maximum absolute atomic E-state index is 11.0. The van der Waals surface area contributed by atoms with Crippen molar-refractivity contribution in [2.24, 2.45) is 0 Å². The first kappa shape index (κ1) is 9.86. The number of carboxylic acids is 1. The zero-order valence-electron chi connectivity index (χ0n) is 7.30. The van der Waals surface area contributed by atoms with Crippen molar-refractivity contribution in [2.45, 2.75) is 24.8 Å². The Morgan fingerprint density at radius 1 is 1.75 bits per heavy atom. The molecule has 0 aromatic rings. The third-order valence-electron chi connectivity index (χ3n) is 2.39. The van der Waals surface area contributed by atoms with Crippen molar-refractivity contribution in [3.05, 3.63) is 0 Å². The molecule has 0 spiro atoms.